The molecule has 28 heavy (non-hydrogen) atoms. The van der Waals surface area contributed by atoms with E-state index in [4.69, 9.17) is 4.42 Å². The molecule has 1 N–H and O–H groups in total. The Morgan fingerprint density at radius 3 is 2.75 bits per heavy atom. The number of rotatable bonds is 5. The smallest absolute Gasteiger partial charge is 0.336 e. The number of halogens is 1. The van der Waals surface area contributed by atoms with E-state index in [-0.39, 0.29) is 12.5 Å². The number of fused-ring (bicyclic) bond motifs is 2. The van der Waals surface area contributed by atoms with Crippen molar-refractivity contribution in [3.8, 4) is 0 Å². The van der Waals surface area contributed by atoms with Crippen LogP contribution in [0.4, 0.5) is 10.1 Å². The normalized spacial score (nSPS) is 13.1. The molecule has 1 aromatic heterocycles. The van der Waals surface area contributed by atoms with Gasteiger partial charge in [0.25, 0.3) is 0 Å². The molecule has 2 aromatic carbocycles. The first-order chi connectivity index (χ1) is 13.5. The fourth-order valence-electron chi connectivity index (χ4n) is 3.78. The molecular formula is C22H21FN2O3. The van der Waals surface area contributed by atoms with E-state index in [1.807, 2.05) is 11.0 Å². The largest absolute Gasteiger partial charge is 0.423 e. The van der Waals surface area contributed by atoms with Gasteiger partial charge in [0.1, 0.15) is 11.4 Å². The SMILES string of the molecule is CN(CC(=O)Nc1cccc(F)c1)Cc1cc(=O)oc2cc3c(cc12)CCC3. The molecule has 0 saturated heterocycles. The molecule has 4 rings (SSSR count). The van der Waals surface area contributed by atoms with Crippen molar-refractivity contribution in [1.82, 2.24) is 4.90 Å². The van der Waals surface area contributed by atoms with Crippen LogP contribution in [0.15, 0.2) is 51.7 Å². The molecule has 6 heteroatoms. The van der Waals surface area contributed by atoms with Crippen LogP contribution in [-0.2, 0) is 24.2 Å². The van der Waals surface area contributed by atoms with Gasteiger partial charge in [-0.3, -0.25) is 9.69 Å². The highest BCUT2D eigenvalue weighted by molar-refractivity contribution is 5.92. The summed E-state index contributed by atoms with van der Waals surface area (Å²) in [5.74, 6) is -0.651. The molecule has 0 spiro atoms. The topological polar surface area (TPSA) is 62.6 Å². The maximum Gasteiger partial charge on any atom is 0.336 e. The van der Waals surface area contributed by atoms with Crippen LogP contribution in [0.25, 0.3) is 11.0 Å². The van der Waals surface area contributed by atoms with Crippen molar-refractivity contribution >= 4 is 22.6 Å². The molecule has 1 aliphatic rings. The minimum atomic E-state index is -0.402. The van der Waals surface area contributed by atoms with Gasteiger partial charge in [0.15, 0.2) is 0 Å². The first kappa shape index (κ1) is 18.4. The minimum absolute atomic E-state index is 0.114. The summed E-state index contributed by atoms with van der Waals surface area (Å²) in [6, 6.07) is 11.3. The summed E-state index contributed by atoms with van der Waals surface area (Å²) in [7, 11) is 1.80. The van der Waals surface area contributed by atoms with Gasteiger partial charge in [0, 0.05) is 23.7 Å². The number of anilines is 1. The second-order valence-electron chi connectivity index (χ2n) is 7.29. The standard InChI is InChI=1S/C22H21FN2O3/c1-25(13-21(26)24-18-7-3-6-17(23)11-18)12-16-10-22(27)28-20-9-15-5-2-4-14(15)8-19(16)20/h3,6-11H,2,4-5,12-13H2,1H3,(H,24,26). The van der Waals surface area contributed by atoms with Gasteiger partial charge in [-0.25, -0.2) is 9.18 Å². The highest BCUT2D eigenvalue weighted by atomic mass is 19.1. The molecule has 0 atom stereocenters. The zero-order chi connectivity index (χ0) is 19.7. The molecule has 5 nitrogen and oxygen atoms in total. The molecule has 144 valence electrons. The number of carbonyl (C=O) groups is 1. The first-order valence-corrected chi connectivity index (χ1v) is 9.30. The molecule has 3 aromatic rings. The van der Waals surface area contributed by atoms with Crippen LogP contribution < -0.4 is 10.9 Å². The van der Waals surface area contributed by atoms with E-state index in [2.05, 4.69) is 11.4 Å². The van der Waals surface area contributed by atoms with E-state index in [1.54, 1.807) is 19.2 Å². The lowest BCUT2D eigenvalue weighted by molar-refractivity contribution is -0.117. The predicted molar refractivity (Wildman–Crippen MR) is 106 cm³/mol. The molecule has 1 heterocycles. The van der Waals surface area contributed by atoms with Crippen molar-refractivity contribution in [3.05, 3.63) is 75.4 Å². The van der Waals surface area contributed by atoms with Crippen molar-refractivity contribution in [1.29, 1.82) is 0 Å². The van der Waals surface area contributed by atoms with Gasteiger partial charge in [-0.15, -0.1) is 0 Å². The molecule has 0 aliphatic heterocycles. The quantitative estimate of drug-likeness (QED) is 0.689. The van der Waals surface area contributed by atoms with Gasteiger partial charge >= 0.3 is 5.63 Å². The number of aryl methyl sites for hydroxylation is 2. The number of likely N-dealkylation sites (N-methyl/N-ethyl adjacent to an activating group) is 1. The third kappa shape index (κ3) is 3.97. The van der Waals surface area contributed by atoms with Crippen LogP contribution >= 0.6 is 0 Å². The zero-order valence-electron chi connectivity index (χ0n) is 15.6. The Kier molecular flexibility index (Phi) is 4.96. The minimum Gasteiger partial charge on any atom is -0.423 e. The van der Waals surface area contributed by atoms with Crippen molar-refractivity contribution in [2.24, 2.45) is 0 Å². The van der Waals surface area contributed by atoms with Gasteiger partial charge in [0.05, 0.1) is 6.54 Å². The van der Waals surface area contributed by atoms with Crippen LogP contribution in [0.2, 0.25) is 0 Å². The van der Waals surface area contributed by atoms with E-state index in [0.29, 0.717) is 17.8 Å². The molecule has 0 bridgehead atoms. The molecule has 1 aliphatic carbocycles. The Bertz CT molecular complexity index is 1110. The van der Waals surface area contributed by atoms with E-state index < -0.39 is 11.4 Å². The number of benzene rings is 2. The van der Waals surface area contributed by atoms with E-state index in [9.17, 15) is 14.0 Å². The summed E-state index contributed by atoms with van der Waals surface area (Å²) < 4.78 is 18.6. The van der Waals surface area contributed by atoms with Crippen molar-refractivity contribution in [2.75, 3.05) is 18.9 Å². The van der Waals surface area contributed by atoms with Crippen molar-refractivity contribution in [3.63, 3.8) is 0 Å². The molecule has 0 saturated carbocycles. The van der Waals surface area contributed by atoms with Crippen LogP contribution in [0.5, 0.6) is 0 Å². The second kappa shape index (κ2) is 7.56. The Labute approximate surface area is 161 Å². The van der Waals surface area contributed by atoms with Crippen LogP contribution in [0.3, 0.4) is 0 Å². The van der Waals surface area contributed by atoms with Crippen LogP contribution in [0.1, 0.15) is 23.1 Å². The fourth-order valence-corrected chi connectivity index (χ4v) is 3.78. The van der Waals surface area contributed by atoms with E-state index in [1.165, 1.54) is 29.3 Å². The number of hydrogen-bond acceptors (Lipinski definition) is 4. The number of nitrogens with zero attached hydrogens (tertiary/aromatic N) is 1. The molecule has 0 radical (unpaired) electrons. The molecule has 1 amide bonds. The summed E-state index contributed by atoms with van der Waals surface area (Å²) in [6.45, 7) is 0.542. The lowest BCUT2D eigenvalue weighted by atomic mass is 10.0. The van der Waals surface area contributed by atoms with Gasteiger partial charge < -0.3 is 9.73 Å². The predicted octanol–water partition coefficient (Wildman–Crippen LogP) is 3.49. The van der Waals surface area contributed by atoms with E-state index in [0.717, 1.165) is 30.2 Å². The monoisotopic (exact) mass is 380 g/mol. The number of amides is 1. The Hall–Kier alpha value is -2.99. The van der Waals surface area contributed by atoms with Gasteiger partial charge in [-0.2, -0.15) is 0 Å². The summed E-state index contributed by atoms with van der Waals surface area (Å²) >= 11 is 0. The van der Waals surface area contributed by atoms with Gasteiger partial charge in [-0.05, 0) is 73.3 Å². The summed E-state index contributed by atoms with van der Waals surface area (Å²) in [5, 5.41) is 3.60. The highest BCUT2D eigenvalue weighted by Gasteiger charge is 2.16. The maximum absolute atomic E-state index is 13.2. The van der Waals surface area contributed by atoms with Gasteiger partial charge in [-0.1, -0.05) is 6.07 Å². The second-order valence-corrected chi connectivity index (χ2v) is 7.29. The average molecular weight is 380 g/mol. The van der Waals surface area contributed by atoms with Gasteiger partial charge in [0.2, 0.25) is 5.91 Å². The summed E-state index contributed by atoms with van der Waals surface area (Å²) in [6.07, 6.45) is 3.17. The van der Waals surface area contributed by atoms with Crippen molar-refractivity contribution in [2.45, 2.75) is 25.8 Å². The maximum atomic E-state index is 13.2. The van der Waals surface area contributed by atoms with Crippen molar-refractivity contribution < 1.29 is 13.6 Å². The highest BCUT2D eigenvalue weighted by Crippen LogP contribution is 2.28. The summed E-state index contributed by atoms with van der Waals surface area (Å²) in [4.78, 5) is 26.0. The lowest BCUT2D eigenvalue weighted by Crippen LogP contribution is -2.30. The fraction of sp³-hybridized carbons (Fsp3) is 0.273. The lowest BCUT2D eigenvalue weighted by Gasteiger charge is -2.17. The first-order valence-electron chi connectivity index (χ1n) is 9.30. The van der Waals surface area contributed by atoms with Crippen LogP contribution in [0, 0.1) is 5.82 Å². The molecular weight excluding hydrogens is 359 g/mol. The number of carbonyl (C=O) groups excluding carboxylic acids is 1. The average Bonchev–Trinajstić information content (AvgIpc) is 3.07. The Morgan fingerprint density at radius 1 is 1.18 bits per heavy atom. The molecule has 0 unspecified atom stereocenters. The number of nitrogens with one attached hydrogen (secondary N) is 1. The Morgan fingerprint density at radius 2 is 1.96 bits per heavy atom. The molecule has 0 fully saturated rings. The zero-order valence-corrected chi connectivity index (χ0v) is 15.6. The van der Waals surface area contributed by atoms with E-state index >= 15 is 0 Å². The number of hydrogen-bond donors (Lipinski definition) is 1. The third-order valence-corrected chi connectivity index (χ3v) is 5.00. The Balaban J connectivity index is 1.51. The summed E-state index contributed by atoms with van der Waals surface area (Å²) in [5.41, 5.74) is 4.00. The van der Waals surface area contributed by atoms with Crippen LogP contribution in [-0.4, -0.2) is 24.4 Å². The third-order valence-electron chi connectivity index (χ3n) is 5.00.